The molecule has 2 aromatic carbocycles. The molecule has 1 aliphatic carbocycles. The van der Waals surface area contributed by atoms with E-state index in [4.69, 9.17) is 32.7 Å². The van der Waals surface area contributed by atoms with Crippen molar-refractivity contribution in [3.8, 4) is 23.1 Å². The van der Waals surface area contributed by atoms with Gasteiger partial charge in [-0.1, -0.05) is 40.5 Å². The molecule has 0 unspecified atom stereocenters. The Kier molecular flexibility index (Phi) is 5.78. The van der Waals surface area contributed by atoms with Gasteiger partial charge in [-0.15, -0.1) is 5.10 Å². The van der Waals surface area contributed by atoms with Gasteiger partial charge < -0.3 is 14.6 Å². The van der Waals surface area contributed by atoms with E-state index in [1.807, 2.05) is 0 Å². The summed E-state index contributed by atoms with van der Waals surface area (Å²) in [5, 5.41) is 19.0. The van der Waals surface area contributed by atoms with Gasteiger partial charge >= 0.3 is 5.97 Å². The third kappa shape index (κ3) is 4.27. The van der Waals surface area contributed by atoms with Crippen LogP contribution in [0.5, 0.6) is 17.4 Å². The number of aryl methyl sites for hydroxylation is 2. The molecule has 0 spiro atoms. The summed E-state index contributed by atoms with van der Waals surface area (Å²) in [6.07, 6.45) is 3.42. The zero-order valence-corrected chi connectivity index (χ0v) is 20.5. The van der Waals surface area contributed by atoms with E-state index in [0.717, 1.165) is 35.5 Å². The minimum Gasteiger partial charge on any atom is -0.478 e. The molecule has 6 rings (SSSR count). The molecule has 1 aliphatic heterocycles. The van der Waals surface area contributed by atoms with Crippen LogP contribution in [0.25, 0.3) is 5.69 Å². The summed E-state index contributed by atoms with van der Waals surface area (Å²) in [5.41, 5.74) is 4.09. The summed E-state index contributed by atoms with van der Waals surface area (Å²) in [6.45, 7) is 0.190. The fraction of sp³-hybridized carbons (Fsp3) is 0.231. The number of hydrogen-bond donors (Lipinski definition) is 1. The van der Waals surface area contributed by atoms with Gasteiger partial charge in [0.25, 0.3) is 0 Å². The normalized spacial score (nSPS) is 14.4. The number of aromatic carboxylic acids is 1. The highest BCUT2D eigenvalue weighted by Gasteiger charge is 2.32. The Morgan fingerprint density at radius 3 is 2.64 bits per heavy atom. The van der Waals surface area contributed by atoms with Crippen LogP contribution in [0.15, 0.2) is 48.5 Å². The second-order valence-corrected chi connectivity index (χ2v) is 9.60. The van der Waals surface area contributed by atoms with Crippen molar-refractivity contribution in [2.24, 2.45) is 0 Å². The van der Waals surface area contributed by atoms with Gasteiger partial charge in [-0.3, -0.25) is 0 Å². The van der Waals surface area contributed by atoms with Gasteiger partial charge in [0.05, 0.1) is 27.0 Å². The molecule has 36 heavy (non-hydrogen) atoms. The number of pyridine rings is 1. The second-order valence-electron chi connectivity index (χ2n) is 8.79. The summed E-state index contributed by atoms with van der Waals surface area (Å²) < 4.78 is 13.8. The number of carbonyl (C=O) groups is 1. The molecule has 2 aromatic heterocycles. The molecule has 0 bridgehead atoms. The van der Waals surface area contributed by atoms with Crippen LogP contribution in [0.1, 0.15) is 51.8 Å². The smallest absolute Gasteiger partial charge is 0.335 e. The van der Waals surface area contributed by atoms with Crippen LogP contribution in [-0.4, -0.2) is 31.1 Å². The number of ether oxygens (including phenoxy) is 2. The van der Waals surface area contributed by atoms with Crippen molar-refractivity contribution in [2.45, 2.75) is 38.2 Å². The highest BCUT2D eigenvalue weighted by atomic mass is 35.5. The molecule has 2 aliphatic rings. The first kappa shape index (κ1) is 22.8. The topological polar surface area (TPSA) is 99.4 Å². The average molecular weight is 523 g/mol. The summed E-state index contributed by atoms with van der Waals surface area (Å²) in [5.74, 6) is 0.905. The third-order valence-corrected chi connectivity index (χ3v) is 6.95. The Bertz CT molecular complexity index is 1480. The van der Waals surface area contributed by atoms with Gasteiger partial charge in [-0.05, 0) is 61.6 Å². The number of carboxylic acid groups (broad SMARTS) is 1. The number of halogens is 2. The van der Waals surface area contributed by atoms with E-state index in [0.29, 0.717) is 51.9 Å². The van der Waals surface area contributed by atoms with Crippen molar-refractivity contribution in [3.05, 3.63) is 86.8 Å². The lowest BCUT2D eigenvalue weighted by atomic mass is 10.1. The molecule has 1 saturated carbocycles. The van der Waals surface area contributed by atoms with Crippen molar-refractivity contribution in [1.82, 2.24) is 20.0 Å². The Labute approximate surface area is 216 Å². The molecule has 0 atom stereocenters. The van der Waals surface area contributed by atoms with Crippen molar-refractivity contribution in [1.29, 1.82) is 0 Å². The quantitative estimate of drug-likeness (QED) is 0.330. The Morgan fingerprint density at radius 1 is 1.08 bits per heavy atom. The molecule has 182 valence electrons. The van der Waals surface area contributed by atoms with Gasteiger partial charge in [0, 0.05) is 12.0 Å². The highest BCUT2D eigenvalue weighted by Crippen LogP contribution is 2.42. The van der Waals surface area contributed by atoms with E-state index in [1.54, 1.807) is 53.2 Å². The van der Waals surface area contributed by atoms with Crippen LogP contribution < -0.4 is 9.47 Å². The number of carboxylic acids is 1. The Balaban J connectivity index is 1.27. The lowest BCUT2D eigenvalue weighted by Gasteiger charge is -2.13. The molecule has 1 fully saturated rings. The predicted octanol–water partition coefficient (Wildman–Crippen LogP) is 6.01. The fourth-order valence-electron chi connectivity index (χ4n) is 4.32. The first-order valence-electron chi connectivity index (χ1n) is 11.5. The molecule has 4 aromatic rings. The summed E-state index contributed by atoms with van der Waals surface area (Å²) in [7, 11) is 0. The summed E-state index contributed by atoms with van der Waals surface area (Å²) >= 11 is 12.9. The molecule has 3 heterocycles. The molecule has 0 saturated heterocycles. The number of fused-ring (bicyclic) bond motifs is 2. The van der Waals surface area contributed by atoms with Crippen LogP contribution in [0.2, 0.25) is 10.0 Å². The molecule has 10 heteroatoms. The predicted molar refractivity (Wildman–Crippen MR) is 133 cm³/mol. The number of aromatic nitrogens is 4. The maximum atomic E-state index is 11.3. The van der Waals surface area contributed by atoms with Crippen molar-refractivity contribution >= 4 is 29.2 Å². The Morgan fingerprint density at radius 2 is 1.89 bits per heavy atom. The number of nitrogens with zero attached hydrogens (tertiary/aromatic N) is 4. The highest BCUT2D eigenvalue weighted by molar-refractivity contribution is 6.37. The second kappa shape index (κ2) is 9.11. The van der Waals surface area contributed by atoms with Gasteiger partial charge in [-0.25, -0.2) is 14.5 Å². The van der Waals surface area contributed by atoms with E-state index in [1.165, 1.54) is 0 Å². The first-order chi connectivity index (χ1) is 17.5. The van der Waals surface area contributed by atoms with Crippen molar-refractivity contribution in [2.75, 3.05) is 0 Å². The largest absolute Gasteiger partial charge is 0.478 e. The van der Waals surface area contributed by atoms with Crippen molar-refractivity contribution < 1.29 is 19.4 Å². The molecular weight excluding hydrogens is 503 g/mol. The zero-order valence-electron chi connectivity index (χ0n) is 18.9. The summed E-state index contributed by atoms with van der Waals surface area (Å²) in [4.78, 5) is 16.0. The maximum Gasteiger partial charge on any atom is 0.335 e. The van der Waals surface area contributed by atoms with Gasteiger partial charge in [0.15, 0.2) is 0 Å². The molecule has 0 amide bonds. The van der Waals surface area contributed by atoms with Gasteiger partial charge in [0.1, 0.15) is 29.5 Å². The number of para-hydroxylation sites is 1. The van der Waals surface area contributed by atoms with Crippen LogP contribution in [-0.2, 0) is 19.4 Å². The van der Waals surface area contributed by atoms with E-state index in [-0.39, 0.29) is 12.2 Å². The minimum absolute atomic E-state index is 0.181. The molecular formula is C26H20Cl2N4O4. The molecule has 8 nitrogen and oxygen atoms in total. The monoisotopic (exact) mass is 522 g/mol. The lowest BCUT2D eigenvalue weighted by Crippen LogP contribution is -2.09. The lowest BCUT2D eigenvalue weighted by molar-refractivity contribution is 0.0696. The first-order valence-corrected chi connectivity index (χ1v) is 12.3. The standard InChI is InChI=1S/C26H20Cl2N4O4/c27-17-2-1-3-18(28)25(17)32-20(24(30-31-32)15-5-6-15)13-35-23-11-10-21-19(29-23)9-8-14-4-7-16(26(33)34)12-22(14)36-21/h1-4,7,10-12,15H,5-6,8-9,13H2,(H,33,34). The number of rotatable bonds is 6. The SMILES string of the molecule is O=C(O)c1ccc2c(c1)Oc1ccc(OCc3c(C4CC4)nnn3-c3c(Cl)cccc3Cl)nc1CC2. The van der Waals surface area contributed by atoms with Crippen LogP contribution in [0, 0.1) is 0 Å². The van der Waals surface area contributed by atoms with Gasteiger partial charge in [-0.2, -0.15) is 0 Å². The zero-order chi connectivity index (χ0) is 24.8. The van der Waals surface area contributed by atoms with Gasteiger partial charge in [0.2, 0.25) is 5.88 Å². The maximum absolute atomic E-state index is 11.3. The molecule has 0 radical (unpaired) electrons. The number of benzene rings is 2. The van der Waals surface area contributed by atoms with E-state index in [9.17, 15) is 9.90 Å². The third-order valence-electron chi connectivity index (χ3n) is 6.34. The van der Waals surface area contributed by atoms with Crippen LogP contribution >= 0.6 is 23.2 Å². The van der Waals surface area contributed by atoms with E-state index < -0.39 is 5.97 Å². The number of hydrogen-bond acceptors (Lipinski definition) is 6. The minimum atomic E-state index is -0.995. The van der Waals surface area contributed by atoms with E-state index in [2.05, 4.69) is 15.3 Å². The fourth-order valence-corrected chi connectivity index (χ4v) is 4.87. The average Bonchev–Trinajstić information content (AvgIpc) is 3.65. The van der Waals surface area contributed by atoms with Crippen LogP contribution in [0.3, 0.4) is 0 Å². The molecule has 1 N–H and O–H groups in total. The summed E-state index contributed by atoms with van der Waals surface area (Å²) in [6, 6.07) is 13.8. The van der Waals surface area contributed by atoms with Crippen molar-refractivity contribution in [3.63, 3.8) is 0 Å². The Hall–Kier alpha value is -3.62. The van der Waals surface area contributed by atoms with Crippen LogP contribution in [0.4, 0.5) is 0 Å². The van der Waals surface area contributed by atoms with E-state index >= 15 is 0 Å².